The first kappa shape index (κ1) is 28.4. The van der Waals surface area contributed by atoms with E-state index in [1.807, 2.05) is 6.92 Å². The van der Waals surface area contributed by atoms with Crippen LogP contribution < -0.4 is 5.01 Å². The first-order valence-electron chi connectivity index (χ1n) is 12.7. The van der Waals surface area contributed by atoms with Crippen molar-refractivity contribution in [1.29, 1.82) is 0 Å². The third-order valence-corrected chi connectivity index (χ3v) is 6.33. The first-order chi connectivity index (χ1) is 16.5. The van der Waals surface area contributed by atoms with Crippen molar-refractivity contribution in [2.45, 2.75) is 97.3 Å². The molecule has 0 saturated carbocycles. The van der Waals surface area contributed by atoms with Gasteiger partial charge >= 0.3 is 5.97 Å². The summed E-state index contributed by atoms with van der Waals surface area (Å²) in [6.45, 7) is 4.83. The molecule has 190 valence electrons. The molecule has 0 aromatic heterocycles. The molecule has 1 aromatic rings. The third-order valence-electron chi connectivity index (χ3n) is 5.76. The lowest BCUT2D eigenvalue weighted by Gasteiger charge is -2.16. The molecule has 8 heteroatoms. The molecule has 0 spiro atoms. The molecule has 0 aliphatic carbocycles. The number of ether oxygens (including phenoxy) is 2. The van der Waals surface area contributed by atoms with E-state index in [1.54, 1.807) is 0 Å². The SMILES string of the molecule is CCCCCCCCCCCCCCOC(=O)c1cc(Cl)c(N2N=C(OCC)CC2=O)c(Cl)c1. The second-order valence-electron chi connectivity index (χ2n) is 8.62. The zero-order valence-corrected chi connectivity index (χ0v) is 22.1. The minimum Gasteiger partial charge on any atom is -0.480 e. The second-order valence-corrected chi connectivity index (χ2v) is 9.44. The summed E-state index contributed by atoms with van der Waals surface area (Å²) < 4.78 is 10.7. The van der Waals surface area contributed by atoms with Gasteiger partial charge < -0.3 is 9.47 Å². The van der Waals surface area contributed by atoms with Gasteiger partial charge in [0.1, 0.15) is 12.1 Å². The fourth-order valence-corrected chi connectivity index (χ4v) is 4.55. The Bertz CT molecular complexity index is 806. The van der Waals surface area contributed by atoms with Gasteiger partial charge in [-0.25, -0.2) is 4.79 Å². The number of esters is 1. The summed E-state index contributed by atoms with van der Waals surface area (Å²) in [7, 11) is 0. The van der Waals surface area contributed by atoms with E-state index in [9.17, 15) is 9.59 Å². The minimum atomic E-state index is -0.482. The summed E-state index contributed by atoms with van der Waals surface area (Å²) in [5.74, 6) is -0.468. The Balaban J connectivity index is 1.68. The minimum absolute atomic E-state index is 0.0450. The Morgan fingerprint density at radius 1 is 0.912 bits per heavy atom. The molecule has 1 amide bonds. The molecule has 1 heterocycles. The molecule has 0 atom stereocenters. The Hall–Kier alpha value is -1.79. The number of anilines is 1. The summed E-state index contributed by atoms with van der Waals surface area (Å²) in [4.78, 5) is 24.7. The molecular formula is C26H38Cl2N2O4. The molecule has 0 N–H and O–H groups in total. The summed E-state index contributed by atoms with van der Waals surface area (Å²) in [5.41, 5.74) is 0.485. The van der Waals surface area contributed by atoms with Crippen LogP contribution >= 0.6 is 23.2 Å². The number of hydrazone groups is 1. The molecule has 0 fully saturated rings. The molecular weight excluding hydrogens is 475 g/mol. The van der Waals surface area contributed by atoms with Crippen LogP contribution in [0.4, 0.5) is 5.69 Å². The number of nitrogens with zero attached hydrogens (tertiary/aromatic N) is 2. The van der Waals surface area contributed by atoms with Crippen molar-refractivity contribution < 1.29 is 19.1 Å². The predicted molar refractivity (Wildman–Crippen MR) is 139 cm³/mol. The number of halogens is 2. The Morgan fingerprint density at radius 3 is 1.97 bits per heavy atom. The van der Waals surface area contributed by atoms with Crippen LogP contribution in [0.15, 0.2) is 17.2 Å². The van der Waals surface area contributed by atoms with E-state index in [-0.39, 0.29) is 33.6 Å². The van der Waals surface area contributed by atoms with Crippen LogP contribution in [0.3, 0.4) is 0 Å². The van der Waals surface area contributed by atoms with Crippen molar-refractivity contribution >= 4 is 46.7 Å². The van der Waals surface area contributed by atoms with E-state index < -0.39 is 5.97 Å². The molecule has 34 heavy (non-hydrogen) atoms. The van der Waals surface area contributed by atoms with Gasteiger partial charge in [0.25, 0.3) is 5.91 Å². The van der Waals surface area contributed by atoms with Crippen LogP contribution in [0.2, 0.25) is 10.0 Å². The fraction of sp³-hybridized carbons (Fsp3) is 0.654. The number of unbranched alkanes of at least 4 members (excludes halogenated alkanes) is 11. The van der Waals surface area contributed by atoms with Gasteiger partial charge in [0.2, 0.25) is 5.90 Å². The van der Waals surface area contributed by atoms with Gasteiger partial charge in [0.05, 0.1) is 28.8 Å². The highest BCUT2D eigenvalue weighted by Crippen LogP contribution is 2.37. The smallest absolute Gasteiger partial charge is 0.338 e. The molecule has 1 aromatic carbocycles. The van der Waals surface area contributed by atoms with Gasteiger partial charge in [0.15, 0.2) is 0 Å². The van der Waals surface area contributed by atoms with Crippen LogP contribution in [-0.2, 0) is 14.3 Å². The lowest BCUT2D eigenvalue weighted by Crippen LogP contribution is -2.20. The lowest BCUT2D eigenvalue weighted by atomic mass is 10.1. The first-order valence-corrected chi connectivity index (χ1v) is 13.4. The maximum absolute atomic E-state index is 12.4. The Labute approximate surface area is 214 Å². The fourth-order valence-electron chi connectivity index (χ4n) is 3.91. The number of carbonyl (C=O) groups is 2. The van der Waals surface area contributed by atoms with Crippen LogP contribution in [-0.4, -0.2) is 31.0 Å². The van der Waals surface area contributed by atoms with E-state index in [2.05, 4.69) is 12.0 Å². The largest absolute Gasteiger partial charge is 0.480 e. The zero-order valence-electron chi connectivity index (χ0n) is 20.5. The molecule has 1 aliphatic rings. The molecule has 2 rings (SSSR count). The van der Waals surface area contributed by atoms with Crippen LogP contribution in [0.1, 0.15) is 108 Å². The summed E-state index contributed by atoms with van der Waals surface area (Å²) in [6, 6.07) is 2.91. The van der Waals surface area contributed by atoms with Gasteiger partial charge in [-0.3, -0.25) is 4.79 Å². The summed E-state index contributed by atoms with van der Waals surface area (Å²) in [6.07, 6.45) is 15.0. The monoisotopic (exact) mass is 512 g/mol. The van der Waals surface area contributed by atoms with Crippen molar-refractivity contribution in [2.24, 2.45) is 5.10 Å². The predicted octanol–water partition coefficient (Wildman–Crippen LogP) is 7.94. The summed E-state index contributed by atoms with van der Waals surface area (Å²) >= 11 is 12.7. The van der Waals surface area contributed by atoms with Gasteiger partial charge in [-0.2, -0.15) is 5.01 Å². The van der Waals surface area contributed by atoms with Crippen LogP contribution in [0, 0.1) is 0 Å². The number of rotatable bonds is 16. The summed E-state index contributed by atoms with van der Waals surface area (Å²) in [5, 5.41) is 5.56. The number of hydrogen-bond acceptors (Lipinski definition) is 5. The van der Waals surface area contributed by atoms with Crippen LogP contribution in [0.5, 0.6) is 0 Å². The average Bonchev–Trinajstić information content (AvgIpc) is 3.16. The van der Waals surface area contributed by atoms with Crippen molar-refractivity contribution in [3.05, 3.63) is 27.7 Å². The maximum atomic E-state index is 12.4. The Kier molecular flexibility index (Phi) is 13.4. The third kappa shape index (κ3) is 9.46. The molecule has 1 aliphatic heterocycles. The van der Waals surface area contributed by atoms with E-state index >= 15 is 0 Å². The quantitative estimate of drug-likeness (QED) is 0.166. The molecule has 0 saturated heterocycles. The van der Waals surface area contributed by atoms with E-state index in [0.717, 1.165) is 24.3 Å². The maximum Gasteiger partial charge on any atom is 0.338 e. The van der Waals surface area contributed by atoms with Gasteiger partial charge in [0, 0.05) is 0 Å². The highest BCUT2D eigenvalue weighted by atomic mass is 35.5. The lowest BCUT2D eigenvalue weighted by molar-refractivity contribution is -0.117. The van der Waals surface area contributed by atoms with Crippen molar-refractivity contribution in [1.82, 2.24) is 0 Å². The average molecular weight is 514 g/mol. The number of hydrogen-bond donors (Lipinski definition) is 0. The normalized spacial score (nSPS) is 13.4. The van der Waals surface area contributed by atoms with E-state index in [0.29, 0.717) is 19.1 Å². The Morgan fingerprint density at radius 2 is 1.44 bits per heavy atom. The standard InChI is InChI=1S/C26H38Cl2N2O4/c1-3-5-6-7-8-9-10-11-12-13-14-15-16-34-26(32)20-17-21(27)25(22(28)18-20)30-24(31)19-23(29-30)33-4-2/h17-18H,3-16,19H2,1-2H3. The van der Waals surface area contributed by atoms with Gasteiger partial charge in [-0.15, -0.1) is 5.10 Å². The molecule has 0 radical (unpaired) electrons. The molecule has 0 bridgehead atoms. The van der Waals surface area contributed by atoms with Gasteiger partial charge in [-0.1, -0.05) is 101 Å². The highest BCUT2D eigenvalue weighted by molar-refractivity contribution is 6.40. The van der Waals surface area contributed by atoms with Crippen molar-refractivity contribution in [2.75, 3.05) is 18.2 Å². The van der Waals surface area contributed by atoms with E-state index in [4.69, 9.17) is 32.7 Å². The highest BCUT2D eigenvalue weighted by Gasteiger charge is 2.30. The van der Waals surface area contributed by atoms with Crippen molar-refractivity contribution in [3.63, 3.8) is 0 Å². The second kappa shape index (κ2) is 16.0. The van der Waals surface area contributed by atoms with Gasteiger partial charge in [-0.05, 0) is 25.5 Å². The number of amides is 1. The topological polar surface area (TPSA) is 68.2 Å². The molecule has 6 nitrogen and oxygen atoms in total. The molecule has 0 unspecified atom stereocenters. The number of benzene rings is 1. The van der Waals surface area contributed by atoms with Crippen LogP contribution in [0.25, 0.3) is 0 Å². The zero-order chi connectivity index (χ0) is 24.8. The van der Waals surface area contributed by atoms with E-state index in [1.165, 1.54) is 69.9 Å². The number of carbonyl (C=O) groups excluding carboxylic acids is 2. The van der Waals surface area contributed by atoms with Crippen molar-refractivity contribution in [3.8, 4) is 0 Å².